The molecule has 0 bridgehead atoms. The van der Waals surface area contributed by atoms with E-state index in [1.165, 1.54) is 11.8 Å². The minimum absolute atomic E-state index is 0.504. The van der Waals surface area contributed by atoms with E-state index in [1.54, 1.807) is 12.4 Å². The molecule has 0 aliphatic carbocycles. The smallest absolute Gasteiger partial charge is 0.191 e. The fourth-order valence-electron chi connectivity index (χ4n) is 2.94. The molecule has 0 amide bonds. The lowest BCUT2D eigenvalue weighted by Gasteiger charge is -2.13. The van der Waals surface area contributed by atoms with Crippen LogP contribution in [0.5, 0.6) is 0 Å². The molecule has 4 aromatic rings. The van der Waals surface area contributed by atoms with Crippen molar-refractivity contribution < 1.29 is 5.11 Å². The van der Waals surface area contributed by atoms with Gasteiger partial charge in [0.25, 0.3) is 0 Å². The van der Waals surface area contributed by atoms with Gasteiger partial charge in [0, 0.05) is 23.7 Å². The highest BCUT2D eigenvalue weighted by Gasteiger charge is 2.17. The van der Waals surface area contributed by atoms with Gasteiger partial charge >= 0.3 is 0 Å². The number of nitrogens with zero attached hydrogens (tertiary/aromatic N) is 4. The lowest BCUT2D eigenvalue weighted by atomic mass is 10.1. The largest absolute Gasteiger partial charge is 0.388 e. The van der Waals surface area contributed by atoms with E-state index < -0.39 is 6.10 Å². The lowest BCUT2D eigenvalue weighted by Crippen LogP contribution is -2.06. The number of hydrogen-bond donors (Lipinski definition) is 1. The first-order valence-electron chi connectivity index (χ1n) is 9.04. The molecule has 0 aliphatic rings. The monoisotopic (exact) mass is 388 g/mol. The maximum absolute atomic E-state index is 10.5. The van der Waals surface area contributed by atoms with Crippen LogP contribution in [0.15, 0.2) is 90.3 Å². The summed E-state index contributed by atoms with van der Waals surface area (Å²) < 4.78 is 2.08. The summed E-state index contributed by atoms with van der Waals surface area (Å²) in [5, 5.41) is 20.1. The van der Waals surface area contributed by atoms with Crippen molar-refractivity contribution in [1.29, 1.82) is 0 Å². The van der Waals surface area contributed by atoms with Crippen molar-refractivity contribution in [3.8, 4) is 11.4 Å². The Hall–Kier alpha value is -2.96. The van der Waals surface area contributed by atoms with E-state index in [0.717, 1.165) is 27.7 Å². The van der Waals surface area contributed by atoms with E-state index in [1.807, 2.05) is 60.7 Å². The molecule has 0 fully saturated rings. The van der Waals surface area contributed by atoms with Crippen molar-refractivity contribution in [3.05, 3.63) is 96.3 Å². The quantitative estimate of drug-likeness (QED) is 0.481. The Balaban J connectivity index is 1.60. The van der Waals surface area contributed by atoms with Crippen molar-refractivity contribution in [2.45, 2.75) is 17.8 Å². The molecule has 0 aliphatic heterocycles. The summed E-state index contributed by atoms with van der Waals surface area (Å²) in [5.74, 6) is 1.28. The average molecular weight is 388 g/mol. The second-order valence-corrected chi connectivity index (χ2v) is 7.34. The zero-order chi connectivity index (χ0) is 19.2. The topological polar surface area (TPSA) is 63.8 Å². The molecule has 2 heterocycles. The Kier molecular flexibility index (Phi) is 5.80. The van der Waals surface area contributed by atoms with Crippen LogP contribution >= 0.6 is 11.8 Å². The Morgan fingerprint density at radius 3 is 2.36 bits per heavy atom. The van der Waals surface area contributed by atoms with Gasteiger partial charge in [0.2, 0.25) is 0 Å². The van der Waals surface area contributed by atoms with Gasteiger partial charge in [-0.15, -0.1) is 10.2 Å². The van der Waals surface area contributed by atoms with Gasteiger partial charge in [-0.05, 0) is 23.3 Å². The number of pyridine rings is 1. The Morgan fingerprint density at radius 2 is 1.64 bits per heavy atom. The van der Waals surface area contributed by atoms with Gasteiger partial charge in [0.1, 0.15) is 0 Å². The zero-order valence-electron chi connectivity index (χ0n) is 15.2. The number of aliphatic hydroxyl groups is 1. The summed E-state index contributed by atoms with van der Waals surface area (Å²) in [4.78, 5) is 4.20. The number of hydrogen-bond acceptors (Lipinski definition) is 5. The first kappa shape index (κ1) is 18.4. The standard InChI is InChI=1S/C22H20N4OS/c27-20(18-10-5-2-6-11-18)16-28-22-25-24-21(19-12-7-13-23-14-19)26(22)15-17-8-3-1-4-9-17/h1-14,20,27H,15-16H2. The second-order valence-electron chi connectivity index (χ2n) is 6.36. The summed E-state index contributed by atoms with van der Waals surface area (Å²) in [6.07, 6.45) is 2.97. The molecule has 2 aromatic carbocycles. The van der Waals surface area contributed by atoms with Crippen LogP contribution < -0.4 is 0 Å². The van der Waals surface area contributed by atoms with Crippen LogP contribution in [-0.2, 0) is 6.54 Å². The number of aromatic nitrogens is 4. The average Bonchev–Trinajstić information content (AvgIpc) is 3.16. The van der Waals surface area contributed by atoms with Gasteiger partial charge in [-0.1, -0.05) is 72.4 Å². The van der Waals surface area contributed by atoms with Gasteiger partial charge in [-0.2, -0.15) is 0 Å². The fraction of sp³-hybridized carbons (Fsp3) is 0.136. The van der Waals surface area contributed by atoms with Gasteiger partial charge in [-0.3, -0.25) is 9.55 Å². The van der Waals surface area contributed by atoms with Crippen LogP contribution in [0.2, 0.25) is 0 Å². The minimum atomic E-state index is -0.560. The van der Waals surface area contributed by atoms with E-state index in [4.69, 9.17) is 0 Å². The third-order valence-electron chi connectivity index (χ3n) is 4.37. The van der Waals surface area contributed by atoms with Gasteiger partial charge in [-0.25, -0.2) is 0 Å². The van der Waals surface area contributed by atoms with Crippen LogP contribution in [0.25, 0.3) is 11.4 Å². The van der Waals surface area contributed by atoms with Crippen LogP contribution in [0.3, 0.4) is 0 Å². The van der Waals surface area contributed by atoms with Gasteiger partial charge in [0.05, 0.1) is 12.6 Å². The predicted molar refractivity (Wildman–Crippen MR) is 111 cm³/mol. The maximum atomic E-state index is 10.5. The number of aliphatic hydroxyl groups excluding tert-OH is 1. The van der Waals surface area contributed by atoms with Crippen molar-refractivity contribution in [3.63, 3.8) is 0 Å². The van der Waals surface area contributed by atoms with E-state index in [0.29, 0.717) is 12.3 Å². The summed E-state index contributed by atoms with van der Waals surface area (Å²) in [6.45, 7) is 0.655. The first-order chi connectivity index (χ1) is 13.8. The molecular weight excluding hydrogens is 368 g/mol. The van der Waals surface area contributed by atoms with E-state index in [9.17, 15) is 5.11 Å². The summed E-state index contributed by atoms with van der Waals surface area (Å²) >= 11 is 1.50. The molecule has 1 atom stereocenters. The third-order valence-corrected chi connectivity index (χ3v) is 5.42. The summed E-state index contributed by atoms with van der Waals surface area (Å²) in [6, 6.07) is 23.8. The molecule has 1 N–H and O–H groups in total. The summed E-state index contributed by atoms with van der Waals surface area (Å²) in [5.41, 5.74) is 2.98. The highest BCUT2D eigenvalue weighted by molar-refractivity contribution is 7.99. The van der Waals surface area contributed by atoms with E-state index in [-0.39, 0.29) is 0 Å². The normalized spacial score (nSPS) is 12.0. The Bertz CT molecular complexity index is 1010. The molecule has 0 radical (unpaired) electrons. The third kappa shape index (κ3) is 4.30. The van der Waals surface area contributed by atoms with Gasteiger partial charge < -0.3 is 5.11 Å². The Morgan fingerprint density at radius 1 is 0.893 bits per heavy atom. The molecule has 140 valence electrons. The van der Waals surface area contributed by atoms with E-state index >= 15 is 0 Å². The van der Waals surface area contributed by atoms with Crippen LogP contribution in [-0.4, -0.2) is 30.6 Å². The molecule has 0 spiro atoms. The molecule has 0 saturated heterocycles. The predicted octanol–water partition coefficient (Wildman–Crippen LogP) is 4.21. The molecule has 0 saturated carbocycles. The fourth-order valence-corrected chi connectivity index (χ4v) is 3.84. The van der Waals surface area contributed by atoms with E-state index in [2.05, 4.69) is 31.9 Å². The Labute approximate surface area is 168 Å². The SMILES string of the molecule is OC(CSc1nnc(-c2cccnc2)n1Cc1ccccc1)c1ccccc1. The molecule has 6 heteroatoms. The van der Waals surface area contributed by atoms with Crippen LogP contribution in [0, 0.1) is 0 Å². The van der Waals surface area contributed by atoms with Crippen LogP contribution in [0.1, 0.15) is 17.2 Å². The maximum Gasteiger partial charge on any atom is 0.191 e. The number of benzene rings is 2. The van der Waals surface area contributed by atoms with Crippen LogP contribution in [0.4, 0.5) is 0 Å². The molecule has 5 nitrogen and oxygen atoms in total. The van der Waals surface area contributed by atoms with Crippen molar-refractivity contribution in [2.24, 2.45) is 0 Å². The molecule has 4 rings (SSSR count). The number of rotatable bonds is 7. The second kappa shape index (κ2) is 8.82. The highest BCUT2D eigenvalue weighted by atomic mass is 32.2. The highest BCUT2D eigenvalue weighted by Crippen LogP contribution is 2.28. The van der Waals surface area contributed by atoms with Crippen molar-refractivity contribution in [1.82, 2.24) is 19.7 Å². The van der Waals surface area contributed by atoms with Crippen molar-refractivity contribution in [2.75, 3.05) is 5.75 Å². The van der Waals surface area contributed by atoms with Gasteiger partial charge in [0.15, 0.2) is 11.0 Å². The number of thioether (sulfide) groups is 1. The molecule has 1 unspecified atom stereocenters. The first-order valence-corrected chi connectivity index (χ1v) is 10.0. The van der Waals surface area contributed by atoms with Crippen molar-refractivity contribution >= 4 is 11.8 Å². The molecular formula is C22H20N4OS. The molecule has 2 aromatic heterocycles. The zero-order valence-corrected chi connectivity index (χ0v) is 16.0. The lowest BCUT2D eigenvalue weighted by molar-refractivity contribution is 0.204. The minimum Gasteiger partial charge on any atom is -0.388 e. The molecule has 28 heavy (non-hydrogen) atoms. The summed E-state index contributed by atoms with van der Waals surface area (Å²) in [7, 11) is 0.